The molecule has 0 atom stereocenters. The topological polar surface area (TPSA) is 9.23 Å². The molecule has 0 aliphatic carbocycles. The highest BCUT2D eigenvalue weighted by atomic mass is 32.2. The van der Waals surface area contributed by atoms with Crippen molar-refractivity contribution in [3.8, 4) is 5.75 Å². The van der Waals surface area contributed by atoms with Gasteiger partial charge in [0.25, 0.3) is 0 Å². The Morgan fingerprint density at radius 1 is 1.25 bits per heavy atom. The van der Waals surface area contributed by atoms with Crippen molar-refractivity contribution in [1.29, 1.82) is 0 Å². The van der Waals surface area contributed by atoms with E-state index in [2.05, 4.69) is 11.5 Å². The smallest absolute Gasteiger partial charge is 0.118 e. The molecule has 0 unspecified atom stereocenters. The molecule has 0 radical (unpaired) electrons. The normalized spacial score (nSPS) is 10.5. The molecule has 2 heteroatoms. The number of hydrogen-bond acceptors (Lipinski definition) is 2. The van der Waals surface area contributed by atoms with Crippen LogP contribution in [0, 0.1) is 0 Å². The lowest BCUT2D eigenvalue weighted by molar-refractivity contribution is 0.415. The molecule has 0 spiro atoms. The molecule has 0 aliphatic rings. The van der Waals surface area contributed by atoms with Crippen LogP contribution in [0.4, 0.5) is 0 Å². The van der Waals surface area contributed by atoms with E-state index in [1.807, 2.05) is 30.5 Å². The Morgan fingerprint density at radius 2 is 1.92 bits per heavy atom. The van der Waals surface area contributed by atoms with Crippen LogP contribution in [0.1, 0.15) is 5.56 Å². The van der Waals surface area contributed by atoms with Crippen molar-refractivity contribution < 1.29 is 4.74 Å². The zero-order valence-electron chi connectivity index (χ0n) is 7.28. The Morgan fingerprint density at radius 3 is 2.42 bits per heavy atom. The Hall–Kier alpha value is -0.890. The Labute approximate surface area is 77.4 Å². The third kappa shape index (κ3) is 2.62. The van der Waals surface area contributed by atoms with Gasteiger partial charge in [0.2, 0.25) is 0 Å². The summed E-state index contributed by atoms with van der Waals surface area (Å²) < 4.78 is 5.04. The first kappa shape index (κ1) is 9.20. The van der Waals surface area contributed by atoms with Gasteiger partial charge in [0.1, 0.15) is 5.75 Å². The summed E-state index contributed by atoms with van der Waals surface area (Å²) in [7, 11) is 1.67. The zero-order valence-corrected chi connectivity index (χ0v) is 8.10. The fraction of sp³-hybridized carbons (Fsp3) is 0.200. The van der Waals surface area contributed by atoms with Gasteiger partial charge in [-0.05, 0) is 35.4 Å². The maximum atomic E-state index is 5.04. The van der Waals surface area contributed by atoms with Gasteiger partial charge >= 0.3 is 0 Å². The van der Waals surface area contributed by atoms with Crippen LogP contribution in [0.2, 0.25) is 0 Å². The second-order valence-corrected chi connectivity index (χ2v) is 3.06. The molecule has 0 saturated carbocycles. The lowest BCUT2D eigenvalue weighted by atomic mass is 10.2. The van der Waals surface area contributed by atoms with Gasteiger partial charge in [0, 0.05) is 0 Å². The van der Waals surface area contributed by atoms with Crippen LogP contribution < -0.4 is 4.74 Å². The molecule has 64 valence electrons. The summed E-state index contributed by atoms with van der Waals surface area (Å²) in [4.78, 5) is 0. The van der Waals surface area contributed by atoms with Crippen LogP contribution in [-0.4, -0.2) is 13.4 Å². The maximum absolute atomic E-state index is 5.04. The summed E-state index contributed by atoms with van der Waals surface area (Å²) in [5.41, 5.74) is 1.20. The number of hydrogen-bond donors (Lipinski definition) is 0. The molecule has 1 rings (SSSR count). The van der Waals surface area contributed by atoms with Crippen LogP contribution in [0.15, 0.2) is 29.7 Å². The van der Waals surface area contributed by atoms with Crippen molar-refractivity contribution in [2.45, 2.75) is 0 Å². The van der Waals surface area contributed by atoms with E-state index in [0.717, 1.165) is 5.75 Å². The van der Waals surface area contributed by atoms with E-state index in [4.69, 9.17) is 4.74 Å². The minimum Gasteiger partial charge on any atom is -0.497 e. The van der Waals surface area contributed by atoms with Gasteiger partial charge in [-0.25, -0.2) is 0 Å². The van der Waals surface area contributed by atoms with E-state index in [-0.39, 0.29) is 0 Å². The van der Waals surface area contributed by atoms with Crippen LogP contribution >= 0.6 is 11.8 Å². The first-order valence-corrected chi connectivity index (χ1v) is 4.99. The first-order valence-electron chi connectivity index (χ1n) is 3.70. The van der Waals surface area contributed by atoms with Gasteiger partial charge < -0.3 is 4.74 Å². The number of ether oxygens (including phenoxy) is 1. The summed E-state index contributed by atoms with van der Waals surface area (Å²) in [5, 5.41) is 2.06. The predicted molar refractivity (Wildman–Crippen MR) is 55.5 cm³/mol. The van der Waals surface area contributed by atoms with Crippen molar-refractivity contribution in [2.75, 3.05) is 13.4 Å². The zero-order chi connectivity index (χ0) is 8.81. The molecule has 1 aromatic carbocycles. The Bertz CT molecular complexity index is 251. The van der Waals surface area contributed by atoms with E-state index in [9.17, 15) is 0 Å². The van der Waals surface area contributed by atoms with E-state index >= 15 is 0 Å². The van der Waals surface area contributed by atoms with Crippen molar-refractivity contribution in [2.24, 2.45) is 0 Å². The number of rotatable bonds is 3. The van der Waals surface area contributed by atoms with Gasteiger partial charge in [-0.2, -0.15) is 0 Å². The molecule has 0 aliphatic heterocycles. The molecule has 0 saturated heterocycles. The summed E-state index contributed by atoms with van der Waals surface area (Å²) >= 11 is 1.69. The average molecular weight is 180 g/mol. The fourth-order valence-electron chi connectivity index (χ4n) is 0.862. The summed E-state index contributed by atoms with van der Waals surface area (Å²) in [5.74, 6) is 0.899. The summed E-state index contributed by atoms with van der Waals surface area (Å²) in [6, 6.07) is 7.98. The highest BCUT2D eigenvalue weighted by Gasteiger charge is 1.88. The highest BCUT2D eigenvalue weighted by Crippen LogP contribution is 2.13. The molecule has 0 N–H and O–H groups in total. The Balaban J connectivity index is 2.71. The summed E-state index contributed by atoms with van der Waals surface area (Å²) in [6.07, 6.45) is 4.12. The van der Waals surface area contributed by atoms with Crippen LogP contribution in [0.5, 0.6) is 5.75 Å². The molecule has 0 bridgehead atoms. The number of methoxy groups -OCH3 is 1. The highest BCUT2D eigenvalue weighted by molar-refractivity contribution is 8.01. The second kappa shape index (κ2) is 4.88. The molecular weight excluding hydrogens is 168 g/mol. The van der Waals surface area contributed by atoms with E-state index in [1.165, 1.54) is 5.56 Å². The monoisotopic (exact) mass is 180 g/mol. The summed E-state index contributed by atoms with van der Waals surface area (Å²) in [6.45, 7) is 0. The maximum Gasteiger partial charge on any atom is 0.118 e. The SMILES string of the molecule is COc1ccc(C=CSC)cc1. The molecule has 0 amide bonds. The van der Waals surface area contributed by atoms with Crippen molar-refractivity contribution in [3.05, 3.63) is 35.2 Å². The van der Waals surface area contributed by atoms with E-state index < -0.39 is 0 Å². The number of benzene rings is 1. The first-order chi connectivity index (χ1) is 5.86. The third-order valence-electron chi connectivity index (χ3n) is 1.51. The molecule has 0 fully saturated rings. The van der Waals surface area contributed by atoms with Crippen LogP contribution in [0.25, 0.3) is 6.08 Å². The largest absolute Gasteiger partial charge is 0.497 e. The standard InChI is InChI=1S/C10H12OS/c1-11-10-5-3-9(4-6-10)7-8-12-2/h3-8H,1-2H3. The number of thioether (sulfide) groups is 1. The quantitative estimate of drug-likeness (QED) is 0.707. The predicted octanol–water partition coefficient (Wildman–Crippen LogP) is 3.03. The second-order valence-electron chi connectivity index (χ2n) is 2.31. The van der Waals surface area contributed by atoms with Gasteiger partial charge in [-0.1, -0.05) is 12.1 Å². The molecule has 1 nitrogen and oxygen atoms in total. The molecule has 12 heavy (non-hydrogen) atoms. The van der Waals surface area contributed by atoms with E-state index in [1.54, 1.807) is 18.9 Å². The minimum atomic E-state index is 0.899. The molecule has 0 aromatic heterocycles. The van der Waals surface area contributed by atoms with Gasteiger partial charge in [-0.15, -0.1) is 11.8 Å². The van der Waals surface area contributed by atoms with Gasteiger partial charge in [-0.3, -0.25) is 0 Å². The minimum absolute atomic E-state index is 0.899. The van der Waals surface area contributed by atoms with Gasteiger partial charge in [0.15, 0.2) is 0 Å². The van der Waals surface area contributed by atoms with Gasteiger partial charge in [0.05, 0.1) is 7.11 Å². The van der Waals surface area contributed by atoms with Crippen LogP contribution in [0.3, 0.4) is 0 Å². The molecular formula is C10H12OS. The fourth-order valence-corrected chi connectivity index (χ4v) is 1.15. The lowest BCUT2D eigenvalue weighted by Gasteiger charge is -1.98. The lowest BCUT2D eigenvalue weighted by Crippen LogP contribution is -1.80. The molecule has 0 heterocycles. The average Bonchev–Trinajstić information content (AvgIpc) is 2.15. The van der Waals surface area contributed by atoms with E-state index in [0.29, 0.717) is 0 Å². The Kier molecular flexibility index (Phi) is 3.74. The third-order valence-corrected chi connectivity index (χ3v) is 1.92. The van der Waals surface area contributed by atoms with Crippen molar-refractivity contribution >= 4 is 17.8 Å². The van der Waals surface area contributed by atoms with Crippen molar-refractivity contribution in [3.63, 3.8) is 0 Å². The van der Waals surface area contributed by atoms with Crippen LogP contribution in [-0.2, 0) is 0 Å². The van der Waals surface area contributed by atoms with Crippen molar-refractivity contribution in [1.82, 2.24) is 0 Å². The molecule has 1 aromatic rings.